The summed E-state index contributed by atoms with van der Waals surface area (Å²) < 4.78 is 28.2. The predicted octanol–water partition coefficient (Wildman–Crippen LogP) is 2.35. The zero-order chi connectivity index (χ0) is 47.0. The number of phenols is 2. The maximum absolute atomic E-state index is 14.4. The third-order valence-electron chi connectivity index (χ3n) is 12.6. The molecule has 65 heavy (non-hydrogen) atoms. The Bertz CT molecular complexity index is 2780. The van der Waals surface area contributed by atoms with E-state index in [1.54, 1.807) is 6.92 Å². The van der Waals surface area contributed by atoms with Gasteiger partial charge in [0, 0.05) is 61.1 Å². The summed E-state index contributed by atoms with van der Waals surface area (Å²) in [6.07, 6.45) is 2.65. The van der Waals surface area contributed by atoms with Gasteiger partial charge in [0.2, 0.25) is 17.3 Å². The highest BCUT2D eigenvalue weighted by atomic mass is 16.7. The molecule has 2 aromatic carbocycles. The number of hydrogen-bond donors (Lipinski definition) is 8. The van der Waals surface area contributed by atoms with E-state index in [4.69, 9.17) is 23.4 Å². The number of Topliss-reactive ketones (excluding diaryl/α,β-unsaturated/α-hetero) is 1. The average molecular weight is 898 g/mol. The van der Waals surface area contributed by atoms with Crippen LogP contribution in [0.4, 0.5) is 5.69 Å². The maximum atomic E-state index is 14.4. The fourth-order valence-corrected chi connectivity index (χ4v) is 9.75. The quantitative estimate of drug-likeness (QED) is 0.0502. The number of carbonyl (C=O) groups is 5. The van der Waals surface area contributed by atoms with Gasteiger partial charge in [0.15, 0.2) is 34.5 Å². The number of aliphatic hydroxyl groups excluding tert-OH is 2. The monoisotopic (exact) mass is 897 g/mol. The zero-order valence-electron chi connectivity index (χ0n) is 34.8. The Morgan fingerprint density at radius 3 is 2.31 bits per heavy atom. The molecule has 1 amide bonds. The van der Waals surface area contributed by atoms with E-state index in [0.29, 0.717) is 5.57 Å². The first kappa shape index (κ1) is 44.9. The second-order valence-electron chi connectivity index (χ2n) is 16.7. The molecule has 2 saturated heterocycles. The molecule has 8 N–H and O–H groups in total. The lowest BCUT2D eigenvalue weighted by molar-refractivity contribution is -0.210. The van der Waals surface area contributed by atoms with Crippen LogP contribution >= 0.6 is 0 Å². The highest BCUT2D eigenvalue weighted by Gasteiger charge is 2.96. The van der Waals surface area contributed by atoms with Gasteiger partial charge in [-0.2, -0.15) is 0 Å². The SMILES string of the molecule is CC(=O)O[C@@H]1[C@@H](C)OC(c2ccc3c(c2O)C(O)C24OC2(C3=O)C2(O)C(=O)C=C(C)CC2(O)CC4O)C[C@H]1OC(=O)/C=C/C=C/C=C/C=C/C(=O)Nc1c(O)c2ccc(O)cc2oc1=O. The number of nitrogens with one attached hydrogen (secondary N) is 1. The Kier molecular flexibility index (Phi) is 11.1. The van der Waals surface area contributed by atoms with Crippen molar-refractivity contribution in [2.75, 3.05) is 5.32 Å². The molecule has 340 valence electrons. The van der Waals surface area contributed by atoms with Crippen molar-refractivity contribution < 1.29 is 83.1 Å². The molecular formula is C46H43NO18. The molecule has 1 aromatic heterocycles. The van der Waals surface area contributed by atoms with Crippen LogP contribution in [0.3, 0.4) is 0 Å². The van der Waals surface area contributed by atoms with Crippen molar-refractivity contribution in [3.05, 3.63) is 118 Å². The van der Waals surface area contributed by atoms with E-state index in [1.807, 2.05) is 0 Å². The third-order valence-corrected chi connectivity index (χ3v) is 12.6. The molecule has 19 heteroatoms. The average Bonchev–Trinajstić information content (AvgIpc) is 3.97. The number of ketones is 2. The molecule has 0 spiro atoms. The third kappa shape index (κ3) is 6.89. The van der Waals surface area contributed by atoms with Crippen LogP contribution < -0.4 is 10.9 Å². The Labute approximate surface area is 367 Å². The predicted molar refractivity (Wildman–Crippen MR) is 222 cm³/mol. The van der Waals surface area contributed by atoms with Gasteiger partial charge < -0.3 is 64.4 Å². The topological polar surface area (TPSA) is 309 Å². The number of phenolic OH excluding ortho intramolecular Hbond substituents is 2. The van der Waals surface area contributed by atoms with Gasteiger partial charge in [-0.25, -0.2) is 9.59 Å². The van der Waals surface area contributed by atoms with Gasteiger partial charge in [-0.15, -0.1) is 0 Å². The number of anilines is 1. The summed E-state index contributed by atoms with van der Waals surface area (Å²) in [4.78, 5) is 77.6. The van der Waals surface area contributed by atoms with E-state index in [-0.39, 0.29) is 46.3 Å². The van der Waals surface area contributed by atoms with E-state index in [0.717, 1.165) is 31.2 Å². The first-order valence-electron chi connectivity index (χ1n) is 20.3. The van der Waals surface area contributed by atoms with Crippen molar-refractivity contribution >= 4 is 46.1 Å². The maximum Gasteiger partial charge on any atom is 0.364 e. The molecule has 3 aliphatic carbocycles. The lowest BCUT2D eigenvalue weighted by Gasteiger charge is -2.54. The number of aliphatic hydroxyl groups is 4. The number of esters is 2. The molecule has 10 atom stereocenters. The molecule has 7 unspecified atom stereocenters. The molecule has 0 bridgehead atoms. The molecule has 8 rings (SSSR count). The van der Waals surface area contributed by atoms with E-state index in [2.05, 4.69) is 5.32 Å². The molecule has 3 aromatic rings. The van der Waals surface area contributed by atoms with Crippen molar-refractivity contribution in [1.82, 2.24) is 0 Å². The normalized spacial score (nSPS) is 32.8. The Hall–Kier alpha value is -6.74. The fraction of sp³-hybridized carbons (Fsp3) is 0.348. The van der Waals surface area contributed by atoms with Crippen LogP contribution in [0.15, 0.2) is 99.8 Å². The van der Waals surface area contributed by atoms with Gasteiger partial charge >= 0.3 is 17.6 Å². The van der Waals surface area contributed by atoms with Crippen LogP contribution in [-0.2, 0) is 38.1 Å². The minimum Gasteiger partial charge on any atom is -0.508 e. The lowest BCUT2D eigenvalue weighted by atomic mass is 9.50. The molecule has 1 saturated carbocycles. The number of amides is 1. The van der Waals surface area contributed by atoms with Gasteiger partial charge in [0.1, 0.15) is 34.9 Å². The highest BCUT2D eigenvalue weighted by Crippen LogP contribution is 2.73. The number of benzene rings is 2. The highest BCUT2D eigenvalue weighted by molar-refractivity contribution is 6.17. The van der Waals surface area contributed by atoms with Crippen molar-refractivity contribution in [3.8, 4) is 17.2 Å². The molecule has 3 heterocycles. The van der Waals surface area contributed by atoms with Gasteiger partial charge in [-0.1, -0.05) is 54.2 Å². The fourth-order valence-electron chi connectivity index (χ4n) is 9.75. The van der Waals surface area contributed by atoms with Gasteiger partial charge in [-0.05, 0) is 32.1 Å². The van der Waals surface area contributed by atoms with Gasteiger partial charge in [-0.3, -0.25) is 19.2 Å². The first-order chi connectivity index (χ1) is 30.7. The number of epoxide rings is 1. The Morgan fingerprint density at radius 2 is 1.60 bits per heavy atom. The smallest absolute Gasteiger partial charge is 0.364 e. The van der Waals surface area contributed by atoms with Crippen LogP contribution in [0.1, 0.15) is 73.7 Å². The molecule has 5 aliphatic rings. The summed E-state index contributed by atoms with van der Waals surface area (Å²) in [5.74, 6) is -5.76. The number of rotatable bonds is 9. The van der Waals surface area contributed by atoms with Gasteiger partial charge in [0.25, 0.3) is 0 Å². The van der Waals surface area contributed by atoms with E-state index in [9.17, 15) is 64.5 Å². The standard InChI is InChI=1S/C46H43NO18/c1-21-16-31(50)45(60)43(59,19-21)20-32(51)44-41(57)35-27(40(56)46(44,45)65-44)15-14-25(37(35)54)29-18-30(39(22(2)61-29)62-23(3)48)63-34(53)11-9-7-5-4-6-8-10-33(52)47-36-38(55)26-13-12-24(49)17-28(26)64-42(36)58/h4-17,22,29-30,32,39,41,49,51,54-55,57,59-60H,18-20H2,1-3H3,(H,47,52)/b6-4+,7-5+,10-8+,11-9+/t22-,29?,30-,32?,39-,41?,43?,44?,45?,46?/m1/s1. The summed E-state index contributed by atoms with van der Waals surface area (Å²) in [7, 11) is 0. The van der Waals surface area contributed by atoms with Crippen molar-refractivity contribution in [1.29, 1.82) is 0 Å². The minimum absolute atomic E-state index is 0.0123. The molecule has 2 aliphatic heterocycles. The zero-order valence-corrected chi connectivity index (χ0v) is 34.8. The van der Waals surface area contributed by atoms with Crippen LogP contribution in [-0.4, -0.2) is 112 Å². The number of aromatic hydroxyl groups is 3. The second kappa shape index (κ2) is 16.1. The van der Waals surface area contributed by atoms with E-state index >= 15 is 0 Å². The molecule has 19 nitrogen and oxygen atoms in total. The number of fused-ring (bicyclic) bond motifs is 3. The van der Waals surface area contributed by atoms with Crippen molar-refractivity contribution in [3.63, 3.8) is 0 Å². The van der Waals surface area contributed by atoms with Crippen molar-refractivity contribution in [2.45, 2.75) is 99.1 Å². The Morgan fingerprint density at radius 1 is 0.908 bits per heavy atom. The summed E-state index contributed by atoms with van der Waals surface area (Å²) in [5.41, 5.74) is -12.0. The minimum atomic E-state index is -2.88. The second-order valence-corrected chi connectivity index (χ2v) is 16.7. The van der Waals surface area contributed by atoms with E-state index < -0.39 is 118 Å². The number of allylic oxidation sites excluding steroid dienone is 6. The first-order valence-corrected chi connectivity index (χ1v) is 20.3. The summed E-state index contributed by atoms with van der Waals surface area (Å²) >= 11 is 0. The summed E-state index contributed by atoms with van der Waals surface area (Å²) in [6.45, 7) is 4.24. The lowest BCUT2D eigenvalue weighted by Crippen LogP contribution is -2.78. The van der Waals surface area contributed by atoms with Crippen molar-refractivity contribution in [2.24, 2.45) is 0 Å². The van der Waals surface area contributed by atoms with Gasteiger partial charge in [0.05, 0.1) is 23.7 Å². The molecule has 3 fully saturated rings. The number of carbonyl (C=O) groups excluding carboxylic acids is 5. The summed E-state index contributed by atoms with van der Waals surface area (Å²) in [5, 5.41) is 81.0. The number of hydrogen-bond acceptors (Lipinski definition) is 18. The van der Waals surface area contributed by atoms with Crippen LogP contribution in [0.2, 0.25) is 0 Å². The molecular weight excluding hydrogens is 854 g/mol. The van der Waals surface area contributed by atoms with Crippen LogP contribution in [0.25, 0.3) is 11.0 Å². The Balaban J connectivity index is 0.945. The largest absolute Gasteiger partial charge is 0.508 e. The molecule has 0 radical (unpaired) electrons. The van der Waals surface area contributed by atoms with E-state index in [1.165, 1.54) is 67.6 Å². The van der Waals surface area contributed by atoms with Crippen LogP contribution in [0.5, 0.6) is 17.2 Å². The number of ether oxygens (including phenoxy) is 4. The van der Waals surface area contributed by atoms with Crippen LogP contribution in [0, 0.1) is 0 Å². The summed E-state index contributed by atoms with van der Waals surface area (Å²) in [6, 6.07) is 6.25.